The Morgan fingerprint density at radius 1 is 0.686 bits per heavy atom. The molecule has 3 aromatic rings. The third kappa shape index (κ3) is 9.03. The van der Waals surface area contributed by atoms with Crippen LogP contribution in [0.25, 0.3) is 10.2 Å². The molecule has 3 rings (SSSR count). The molecule has 0 unspecified atom stereocenters. The molecule has 2 aromatic carbocycles. The second-order valence-electron chi connectivity index (χ2n) is 9.65. The van der Waals surface area contributed by atoms with E-state index in [0.717, 1.165) is 23.9 Å². The number of nitrogens with zero attached hydrogens (tertiary/aromatic N) is 4. The molecule has 0 atom stereocenters. The van der Waals surface area contributed by atoms with Crippen molar-refractivity contribution in [3.05, 3.63) is 48.5 Å². The lowest BCUT2D eigenvalue weighted by Crippen LogP contribution is -2.25. The van der Waals surface area contributed by atoms with Gasteiger partial charge in [-0.15, -0.1) is 0 Å². The van der Waals surface area contributed by atoms with E-state index in [9.17, 15) is 0 Å². The van der Waals surface area contributed by atoms with Crippen molar-refractivity contribution in [3.8, 4) is 0 Å². The third-order valence-corrected chi connectivity index (χ3v) is 7.85. The van der Waals surface area contributed by atoms with Gasteiger partial charge in [0.2, 0.25) is 0 Å². The van der Waals surface area contributed by atoms with E-state index in [-0.39, 0.29) is 0 Å². The van der Waals surface area contributed by atoms with Gasteiger partial charge in [0.25, 0.3) is 0 Å². The highest BCUT2D eigenvalue weighted by Gasteiger charge is 2.15. The van der Waals surface area contributed by atoms with Crippen molar-refractivity contribution in [1.29, 1.82) is 0 Å². The van der Waals surface area contributed by atoms with Crippen LogP contribution < -0.4 is 9.47 Å². The van der Waals surface area contributed by atoms with Gasteiger partial charge in [0.1, 0.15) is 11.2 Å². The van der Waals surface area contributed by atoms with E-state index in [4.69, 9.17) is 0 Å². The summed E-state index contributed by atoms with van der Waals surface area (Å²) in [6.07, 6.45) is 16.1. The summed E-state index contributed by atoms with van der Waals surface area (Å²) in [6.45, 7) is 6.88. The Hall–Kier alpha value is -2.27. The fourth-order valence-electron chi connectivity index (χ4n) is 4.54. The van der Waals surface area contributed by atoms with Gasteiger partial charge in [-0.3, -0.25) is 0 Å². The van der Waals surface area contributed by atoms with Crippen LogP contribution in [0.2, 0.25) is 0 Å². The number of unbranched alkanes of at least 4 members (excludes halogenated alkanes) is 10. The topological polar surface area (TPSA) is 31.8 Å². The molecule has 5 heteroatoms. The number of fused-ring (bicyclic) bond motifs is 1. The SMILES string of the molecule is CCCCCCCCN(CCCCCCCC)c1ccc(N=Nc2sc3ccccc3[n+]2C)cc1. The first-order valence-corrected chi connectivity index (χ1v) is 14.7. The number of aromatic nitrogens is 1. The molecule has 0 radical (unpaired) electrons. The normalized spacial score (nSPS) is 11.6. The molecule has 4 nitrogen and oxygen atoms in total. The summed E-state index contributed by atoms with van der Waals surface area (Å²) in [4.78, 5) is 2.59. The van der Waals surface area contributed by atoms with E-state index >= 15 is 0 Å². The molecule has 1 heterocycles. The van der Waals surface area contributed by atoms with Crippen LogP contribution in [0.4, 0.5) is 16.5 Å². The van der Waals surface area contributed by atoms with Crippen LogP contribution in [0.1, 0.15) is 90.9 Å². The minimum Gasteiger partial charge on any atom is -0.372 e. The van der Waals surface area contributed by atoms with Crippen molar-refractivity contribution in [2.75, 3.05) is 18.0 Å². The molecule has 190 valence electrons. The first-order valence-electron chi connectivity index (χ1n) is 13.9. The molecule has 0 fully saturated rings. The second-order valence-corrected chi connectivity index (χ2v) is 10.7. The Morgan fingerprint density at radius 3 is 1.86 bits per heavy atom. The summed E-state index contributed by atoms with van der Waals surface area (Å²) in [5, 5.41) is 10.0. The maximum absolute atomic E-state index is 4.55. The van der Waals surface area contributed by atoms with Crippen LogP contribution in [0.3, 0.4) is 0 Å². The summed E-state index contributed by atoms with van der Waals surface area (Å²) in [5.74, 6) is 0. The number of hydrogen-bond acceptors (Lipinski definition) is 4. The average molecular weight is 494 g/mol. The maximum atomic E-state index is 4.55. The van der Waals surface area contributed by atoms with E-state index < -0.39 is 0 Å². The van der Waals surface area contributed by atoms with Crippen molar-refractivity contribution in [3.63, 3.8) is 0 Å². The summed E-state index contributed by atoms with van der Waals surface area (Å²) in [6, 6.07) is 17.1. The quantitative estimate of drug-likeness (QED) is 0.105. The van der Waals surface area contributed by atoms with E-state index in [1.165, 1.54) is 93.0 Å². The molecule has 0 saturated heterocycles. The van der Waals surface area contributed by atoms with Crippen molar-refractivity contribution in [2.24, 2.45) is 17.3 Å². The number of thiazole rings is 1. The molecule has 0 aliphatic carbocycles. The molecule has 0 saturated carbocycles. The number of aryl methyl sites for hydroxylation is 1. The number of benzene rings is 2. The van der Waals surface area contributed by atoms with Crippen LogP contribution in [0.5, 0.6) is 0 Å². The highest BCUT2D eigenvalue weighted by Crippen LogP contribution is 2.28. The van der Waals surface area contributed by atoms with Crippen LogP contribution in [0, 0.1) is 0 Å². The zero-order valence-electron chi connectivity index (χ0n) is 22.2. The Kier molecular flexibility index (Phi) is 12.2. The number of hydrogen-bond donors (Lipinski definition) is 0. The minimum absolute atomic E-state index is 0.908. The molecule has 35 heavy (non-hydrogen) atoms. The van der Waals surface area contributed by atoms with Crippen molar-refractivity contribution >= 4 is 38.1 Å². The van der Waals surface area contributed by atoms with Gasteiger partial charge in [-0.2, -0.15) is 0 Å². The number of para-hydroxylation sites is 1. The number of azo groups is 1. The first kappa shape index (κ1) is 27.3. The fourth-order valence-corrected chi connectivity index (χ4v) is 5.51. The molecule has 1 aromatic heterocycles. The molecular weight excluding hydrogens is 448 g/mol. The van der Waals surface area contributed by atoms with Gasteiger partial charge < -0.3 is 4.90 Å². The monoisotopic (exact) mass is 493 g/mol. The molecular formula is C30H45N4S+. The standard InChI is InChI=1S/C30H45N4S/c1-4-6-8-10-12-16-24-34(25-17-13-11-9-7-5-2)27-22-20-26(21-23-27)31-32-30-33(3)28-18-14-15-19-29(28)35-30/h14-15,18-23H,4-13,16-17,24-25H2,1-3H3/q+1. The summed E-state index contributed by atoms with van der Waals surface area (Å²) in [7, 11) is 2.05. The highest BCUT2D eigenvalue weighted by atomic mass is 32.1. The van der Waals surface area contributed by atoms with E-state index in [0.29, 0.717) is 0 Å². The van der Waals surface area contributed by atoms with Gasteiger partial charge in [0.15, 0.2) is 0 Å². The molecule has 0 spiro atoms. The first-order chi connectivity index (χ1) is 17.2. The average Bonchev–Trinajstić information content (AvgIpc) is 3.21. The van der Waals surface area contributed by atoms with E-state index in [2.05, 4.69) is 89.1 Å². The van der Waals surface area contributed by atoms with Gasteiger partial charge >= 0.3 is 5.13 Å². The third-order valence-electron chi connectivity index (χ3n) is 6.74. The predicted molar refractivity (Wildman–Crippen MR) is 153 cm³/mol. The smallest absolute Gasteiger partial charge is 0.372 e. The minimum atomic E-state index is 0.908. The zero-order valence-corrected chi connectivity index (χ0v) is 23.0. The Balaban J connectivity index is 1.58. The zero-order chi connectivity index (χ0) is 24.7. The van der Waals surface area contributed by atoms with Crippen molar-refractivity contribution in [2.45, 2.75) is 90.9 Å². The Bertz CT molecular complexity index is 993. The van der Waals surface area contributed by atoms with Gasteiger partial charge in [-0.25, -0.2) is 4.57 Å². The van der Waals surface area contributed by atoms with E-state index in [1.54, 1.807) is 11.3 Å². The number of rotatable bonds is 17. The van der Waals surface area contributed by atoms with Crippen molar-refractivity contribution < 1.29 is 4.57 Å². The lowest BCUT2D eigenvalue weighted by atomic mass is 10.1. The van der Waals surface area contributed by atoms with Gasteiger partial charge in [0.05, 0.1) is 16.9 Å². The largest absolute Gasteiger partial charge is 0.409 e. The van der Waals surface area contributed by atoms with Crippen LogP contribution >= 0.6 is 11.3 Å². The van der Waals surface area contributed by atoms with Crippen molar-refractivity contribution in [1.82, 2.24) is 0 Å². The van der Waals surface area contributed by atoms with E-state index in [1.807, 2.05) is 0 Å². The second kappa shape index (κ2) is 15.7. The summed E-state index contributed by atoms with van der Waals surface area (Å²) >= 11 is 1.68. The van der Waals surface area contributed by atoms with Crippen LogP contribution in [-0.2, 0) is 7.05 Å². The Labute approximate surface area is 217 Å². The van der Waals surface area contributed by atoms with Crippen LogP contribution in [0.15, 0.2) is 58.8 Å². The van der Waals surface area contributed by atoms with Gasteiger partial charge in [-0.05, 0) is 65.7 Å². The molecule has 0 N–H and O–H groups in total. The molecule has 0 aliphatic rings. The maximum Gasteiger partial charge on any atom is 0.409 e. The number of anilines is 1. The highest BCUT2D eigenvalue weighted by molar-refractivity contribution is 7.21. The fraction of sp³-hybridized carbons (Fsp3) is 0.567. The summed E-state index contributed by atoms with van der Waals surface area (Å²) in [5.41, 5.74) is 3.42. The van der Waals surface area contributed by atoms with Crippen LogP contribution in [-0.4, -0.2) is 13.1 Å². The molecule has 0 bridgehead atoms. The lowest BCUT2D eigenvalue weighted by molar-refractivity contribution is -0.627. The molecule has 0 amide bonds. The predicted octanol–water partition coefficient (Wildman–Crippen LogP) is 9.67. The summed E-state index contributed by atoms with van der Waals surface area (Å²) < 4.78 is 3.35. The Morgan fingerprint density at radius 2 is 1.26 bits per heavy atom. The van der Waals surface area contributed by atoms with Gasteiger partial charge in [-0.1, -0.05) is 90.2 Å². The lowest BCUT2D eigenvalue weighted by Gasteiger charge is -2.25. The van der Waals surface area contributed by atoms with Gasteiger partial charge in [0, 0.05) is 18.8 Å². The molecule has 0 aliphatic heterocycles.